The van der Waals surface area contributed by atoms with Gasteiger partial charge in [0.05, 0.1) is 22.6 Å². The van der Waals surface area contributed by atoms with Gasteiger partial charge in [-0.3, -0.25) is 14.3 Å². The van der Waals surface area contributed by atoms with E-state index in [9.17, 15) is 9.59 Å². The van der Waals surface area contributed by atoms with Crippen molar-refractivity contribution in [2.45, 2.75) is 45.6 Å². The molecule has 2 aromatic heterocycles. The Labute approximate surface area is 183 Å². The van der Waals surface area contributed by atoms with Gasteiger partial charge in [-0.2, -0.15) is 5.10 Å². The van der Waals surface area contributed by atoms with Crippen molar-refractivity contribution in [1.29, 1.82) is 0 Å². The quantitative estimate of drug-likeness (QED) is 0.593. The molecule has 0 spiro atoms. The van der Waals surface area contributed by atoms with Gasteiger partial charge in [0.25, 0.3) is 5.56 Å². The smallest absolute Gasteiger partial charge is 0.261 e. The number of nitrogens with one attached hydrogen (secondary N) is 1. The number of amides is 1. The summed E-state index contributed by atoms with van der Waals surface area (Å²) in [6, 6.07) is 6.00. The summed E-state index contributed by atoms with van der Waals surface area (Å²) in [7, 11) is 3.60. The standard InChI is InChI=1S/C24H33N5O2/c1-17-9-10-21-19(13-17)23-20(24(31)28(21)3)15-26-29(23)16-22(30)27(2)12-11-25-14-18-7-5-4-6-8-18/h9-10,13,15,18,25H,4-8,11-12,14,16H2,1-3H3. The Kier molecular flexibility index (Phi) is 6.41. The van der Waals surface area contributed by atoms with Crippen molar-refractivity contribution >= 4 is 27.7 Å². The summed E-state index contributed by atoms with van der Waals surface area (Å²) in [5, 5.41) is 9.40. The normalized spacial score (nSPS) is 15.1. The first kappa shape index (κ1) is 21.6. The van der Waals surface area contributed by atoms with Crippen molar-refractivity contribution in [3.05, 3.63) is 40.3 Å². The lowest BCUT2D eigenvalue weighted by atomic mass is 9.89. The van der Waals surface area contributed by atoms with Crippen LogP contribution in [0.5, 0.6) is 0 Å². The van der Waals surface area contributed by atoms with Crippen LogP contribution in [0, 0.1) is 12.8 Å². The molecule has 7 heteroatoms. The number of pyridine rings is 1. The minimum absolute atomic E-state index is 0.00838. The third kappa shape index (κ3) is 4.51. The predicted molar refractivity (Wildman–Crippen MR) is 124 cm³/mol. The van der Waals surface area contributed by atoms with Gasteiger partial charge < -0.3 is 14.8 Å². The minimum atomic E-state index is -0.0923. The number of benzene rings is 1. The molecule has 0 saturated heterocycles. The highest BCUT2D eigenvalue weighted by atomic mass is 16.2. The van der Waals surface area contributed by atoms with Crippen molar-refractivity contribution in [3.63, 3.8) is 0 Å². The molecule has 0 aliphatic heterocycles. The molecule has 1 aliphatic carbocycles. The van der Waals surface area contributed by atoms with Gasteiger partial charge in [0.2, 0.25) is 5.91 Å². The highest BCUT2D eigenvalue weighted by Crippen LogP contribution is 2.24. The molecule has 4 rings (SSSR count). The minimum Gasteiger partial charge on any atom is -0.343 e. The number of nitrogens with zero attached hydrogens (tertiary/aromatic N) is 4. The largest absolute Gasteiger partial charge is 0.343 e. The zero-order valence-corrected chi connectivity index (χ0v) is 18.9. The Morgan fingerprint density at radius 3 is 2.77 bits per heavy atom. The molecule has 1 N–H and O–H groups in total. The van der Waals surface area contributed by atoms with Crippen molar-refractivity contribution in [2.24, 2.45) is 13.0 Å². The summed E-state index contributed by atoms with van der Waals surface area (Å²) >= 11 is 0. The zero-order chi connectivity index (χ0) is 22.0. The molecule has 2 heterocycles. The van der Waals surface area contributed by atoms with Crippen molar-refractivity contribution < 1.29 is 4.79 Å². The first-order valence-corrected chi connectivity index (χ1v) is 11.3. The summed E-state index contributed by atoms with van der Waals surface area (Å²) in [5.41, 5.74) is 2.59. The van der Waals surface area contributed by atoms with E-state index in [1.165, 1.54) is 32.1 Å². The maximum absolute atomic E-state index is 12.9. The van der Waals surface area contributed by atoms with E-state index in [2.05, 4.69) is 16.5 Å². The van der Waals surface area contributed by atoms with Crippen LogP contribution in [0.2, 0.25) is 0 Å². The fourth-order valence-electron chi connectivity index (χ4n) is 4.69. The number of rotatable bonds is 7. The molecule has 166 valence electrons. The summed E-state index contributed by atoms with van der Waals surface area (Å²) in [4.78, 5) is 27.4. The average molecular weight is 424 g/mol. The molecule has 1 saturated carbocycles. The third-order valence-corrected chi connectivity index (χ3v) is 6.64. The van der Waals surface area contributed by atoms with Gasteiger partial charge in [-0.05, 0) is 44.4 Å². The second kappa shape index (κ2) is 9.22. The molecular weight excluding hydrogens is 390 g/mol. The van der Waals surface area contributed by atoms with Crippen molar-refractivity contribution in [3.8, 4) is 0 Å². The van der Waals surface area contributed by atoms with Crippen LogP contribution in [0.25, 0.3) is 21.8 Å². The lowest BCUT2D eigenvalue weighted by Crippen LogP contribution is -2.37. The highest BCUT2D eigenvalue weighted by molar-refractivity contribution is 6.04. The maximum atomic E-state index is 12.9. The van der Waals surface area contributed by atoms with Crippen LogP contribution in [0.4, 0.5) is 0 Å². The van der Waals surface area contributed by atoms with E-state index in [1.807, 2.05) is 26.1 Å². The van der Waals surface area contributed by atoms with E-state index in [0.717, 1.165) is 41.0 Å². The molecule has 0 unspecified atom stereocenters. The van der Waals surface area contributed by atoms with Crippen LogP contribution in [-0.2, 0) is 18.4 Å². The summed E-state index contributed by atoms with van der Waals surface area (Å²) in [6.07, 6.45) is 8.29. The van der Waals surface area contributed by atoms with Crippen LogP contribution >= 0.6 is 0 Å². The van der Waals surface area contributed by atoms with E-state index >= 15 is 0 Å². The van der Waals surface area contributed by atoms with Gasteiger partial charge >= 0.3 is 0 Å². The lowest BCUT2D eigenvalue weighted by Gasteiger charge is -2.23. The van der Waals surface area contributed by atoms with E-state index in [4.69, 9.17) is 0 Å². The number of aromatic nitrogens is 3. The number of carbonyl (C=O) groups excluding carboxylic acids is 1. The van der Waals surface area contributed by atoms with E-state index in [1.54, 1.807) is 27.4 Å². The van der Waals surface area contributed by atoms with Crippen molar-refractivity contribution in [1.82, 2.24) is 24.6 Å². The summed E-state index contributed by atoms with van der Waals surface area (Å²) in [6.45, 7) is 4.64. The molecule has 0 radical (unpaired) electrons. The van der Waals surface area contributed by atoms with Crippen molar-refractivity contribution in [2.75, 3.05) is 26.7 Å². The zero-order valence-electron chi connectivity index (χ0n) is 18.9. The number of carbonyl (C=O) groups is 1. The Hall–Kier alpha value is -2.67. The Balaban J connectivity index is 1.45. The van der Waals surface area contributed by atoms with E-state index in [0.29, 0.717) is 11.9 Å². The van der Waals surface area contributed by atoms with Crippen LogP contribution in [0.3, 0.4) is 0 Å². The molecule has 1 aromatic carbocycles. The second-order valence-corrected chi connectivity index (χ2v) is 8.97. The number of aryl methyl sites for hydroxylation is 2. The monoisotopic (exact) mass is 423 g/mol. The first-order valence-electron chi connectivity index (χ1n) is 11.3. The number of fused-ring (bicyclic) bond motifs is 3. The number of hydrogen-bond donors (Lipinski definition) is 1. The van der Waals surface area contributed by atoms with Crippen LogP contribution < -0.4 is 10.9 Å². The Morgan fingerprint density at radius 1 is 1.23 bits per heavy atom. The third-order valence-electron chi connectivity index (χ3n) is 6.64. The molecule has 1 aliphatic rings. The second-order valence-electron chi connectivity index (χ2n) is 8.97. The van der Waals surface area contributed by atoms with Gasteiger partial charge in [-0.1, -0.05) is 30.9 Å². The fraction of sp³-hybridized carbons (Fsp3) is 0.542. The SMILES string of the molecule is Cc1ccc2c(c1)c1c(cnn1CC(=O)N(C)CCNCC1CCCCC1)c(=O)n2C. The average Bonchev–Trinajstić information content (AvgIpc) is 3.19. The van der Waals surface area contributed by atoms with E-state index in [-0.39, 0.29) is 18.0 Å². The molecular formula is C24H33N5O2. The summed E-state index contributed by atoms with van der Waals surface area (Å²) in [5.74, 6) is 0.774. The first-order chi connectivity index (χ1) is 15.0. The Bertz CT molecular complexity index is 1140. The lowest BCUT2D eigenvalue weighted by molar-refractivity contribution is -0.130. The molecule has 7 nitrogen and oxygen atoms in total. The van der Waals surface area contributed by atoms with Gasteiger partial charge in [0.15, 0.2) is 0 Å². The van der Waals surface area contributed by atoms with Crippen LogP contribution in [-0.4, -0.2) is 51.8 Å². The number of likely N-dealkylation sites (N-methyl/N-ethyl adjacent to an activating group) is 1. The van der Waals surface area contributed by atoms with Gasteiger partial charge in [-0.15, -0.1) is 0 Å². The van der Waals surface area contributed by atoms with Gasteiger partial charge in [0, 0.05) is 32.6 Å². The van der Waals surface area contributed by atoms with E-state index < -0.39 is 0 Å². The molecule has 31 heavy (non-hydrogen) atoms. The molecule has 3 aromatic rings. The molecule has 1 fully saturated rings. The summed E-state index contributed by atoms with van der Waals surface area (Å²) < 4.78 is 3.32. The fourth-order valence-corrected chi connectivity index (χ4v) is 4.69. The maximum Gasteiger partial charge on any atom is 0.261 e. The van der Waals surface area contributed by atoms with Crippen LogP contribution in [0.15, 0.2) is 29.2 Å². The predicted octanol–water partition coefficient (Wildman–Crippen LogP) is 2.82. The molecule has 0 atom stereocenters. The van der Waals surface area contributed by atoms with Gasteiger partial charge in [0.1, 0.15) is 6.54 Å². The van der Waals surface area contributed by atoms with Gasteiger partial charge in [-0.25, -0.2) is 0 Å². The Morgan fingerprint density at radius 2 is 2.00 bits per heavy atom. The number of hydrogen-bond acceptors (Lipinski definition) is 4. The molecule has 0 bridgehead atoms. The highest BCUT2D eigenvalue weighted by Gasteiger charge is 2.18. The van der Waals surface area contributed by atoms with Crippen LogP contribution in [0.1, 0.15) is 37.7 Å². The molecule has 1 amide bonds. The topological polar surface area (TPSA) is 72.2 Å².